The number of primary sulfonamides is 1. The quantitative estimate of drug-likeness (QED) is 0.553. The summed E-state index contributed by atoms with van der Waals surface area (Å²) in [5, 5.41) is 8.41. The van der Waals surface area contributed by atoms with Gasteiger partial charge in [0, 0.05) is 23.0 Å². The van der Waals surface area contributed by atoms with Gasteiger partial charge in [0.2, 0.25) is 15.9 Å². The van der Waals surface area contributed by atoms with Gasteiger partial charge in [0.25, 0.3) is 0 Å². The van der Waals surface area contributed by atoms with Gasteiger partial charge in [-0.2, -0.15) is 0 Å². The van der Waals surface area contributed by atoms with Crippen molar-refractivity contribution in [1.82, 2.24) is 4.98 Å². The number of aryl methyl sites for hydroxylation is 1. The maximum Gasteiger partial charge on any atom is 0.238 e. The van der Waals surface area contributed by atoms with Crippen LogP contribution in [0.25, 0.3) is 6.08 Å². The molecule has 0 saturated carbocycles. The van der Waals surface area contributed by atoms with Crippen molar-refractivity contribution in [3.05, 3.63) is 88.2 Å². The largest absolute Gasteiger partial charge is 0.364 e. The van der Waals surface area contributed by atoms with Crippen molar-refractivity contribution in [3.8, 4) is 0 Å². The first-order chi connectivity index (χ1) is 15.9. The summed E-state index contributed by atoms with van der Waals surface area (Å²) in [6.07, 6.45) is 11.4. The molecule has 168 valence electrons. The molecule has 7 heteroatoms. The monoisotopic (exact) mass is 459 g/mol. The minimum atomic E-state index is -3.89. The summed E-state index contributed by atoms with van der Waals surface area (Å²) in [6, 6.07) is 12.8. The number of aromatic nitrogens is 1. The van der Waals surface area contributed by atoms with E-state index < -0.39 is 21.4 Å². The van der Waals surface area contributed by atoms with Crippen LogP contribution in [0.3, 0.4) is 0 Å². The Morgan fingerprint density at radius 3 is 2.76 bits per heavy atom. The highest BCUT2D eigenvalue weighted by Gasteiger charge is 2.50. The number of benzene rings is 2. The molecule has 2 unspecified atom stereocenters. The van der Waals surface area contributed by atoms with Crippen molar-refractivity contribution in [3.63, 3.8) is 0 Å². The highest BCUT2D eigenvalue weighted by atomic mass is 32.2. The molecule has 0 fully saturated rings. The number of nitrogens with one attached hydrogen (secondary N) is 2. The van der Waals surface area contributed by atoms with Crippen LogP contribution in [0.1, 0.15) is 52.3 Å². The maximum absolute atomic E-state index is 13.5. The molecule has 2 aromatic carbocycles. The van der Waals surface area contributed by atoms with E-state index in [0.29, 0.717) is 17.7 Å². The first kappa shape index (κ1) is 20.4. The van der Waals surface area contributed by atoms with E-state index in [1.807, 2.05) is 12.1 Å². The Bertz CT molecular complexity index is 1440. The zero-order valence-electron chi connectivity index (χ0n) is 18.1. The molecule has 1 amide bonds. The summed E-state index contributed by atoms with van der Waals surface area (Å²) in [5.41, 5.74) is 6.77. The highest BCUT2D eigenvalue weighted by Crippen LogP contribution is 2.53. The number of hydrogen-bond donors (Lipinski definition) is 3. The zero-order valence-corrected chi connectivity index (χ0v) is 18.9. The lowest BCUT2D eigenvalue weighted by atomic mass is 9.65. The summed E-state index contributed by atoms with van der Waals surface area (Å²) in [4.78, 5) is 17.0. The third kappa shape index (κ3) is 3.10. The van der Waals surface area contributed by atoms with Crippen LogP contribution in [0.2, 0.25) is 0 Å². The van der Waals surface area contributed by atoms with Crippen LogP contribution < -0.4 is 10.5 Å². The highest BCUT2D eigenvalue weighted by molar-refractivity contribution is 7.89. The Morgan fingerprint density at radius 1 is 1.09 bits per heavy atom. The molecular weight excluding hydrogens is 434 g/mol. The molecule has 2 heterocycles. The number of anilines is 1. The van der Waals surface area contributed by atoms with E-state index >= 15 is 0 Å². The van der Waals surface area contributed by atoms with Gasteiger partial charge >= 0.3 is 0 Å². The van der Waals surface area contributed by atoms with E-state index in [1.165, 1.54) is 35.7 Å². The molecule has 0 saturated heterocycles. The van der Waals surface area contributed by atoms with Crippen LogP contribution >= 0.6 is 0 Å². The second-order valence-electron chi connectivity index (χ2n) is 9.33. The summed E-state index contributed by atoms with van der Waals surface area (Å²) < 4.78 is 24.2. The predicted molar refractivity (Wildman–Crippen MR) is 127 cm³/mol. The number of H-pyrrole nitrogens is 1. The SMILES string of the molecule is NS(=O)(=O)c1ccc2c(c1)C(C1(Cc3c[nH]c4c3CCCC4)C=Cc3ccccc31)C(=O)N2. The number of carbonyl (C=O) groups is 1. The van der Waals surface area contributed by atoms with Gasteiger partial charge in [0.05, 0.1) is 10.8 Å². The molecule has 1 aromatic heterocycles. The average Bonchev–Trinajstić information content (AvgIpc) is 3.47. The van der Waals surface area contributed by atoms with Crippen LogP contribution in [-0.4, -0.2) is 19.3 Å². The molecule has 2 aliphatic carbocycles. The summed E-state index contributed by atoms with van der Waals surface area (Å²) in [5.74, 6) is -0.689. The minimum Gasteiger partial charge on any atom is -0.364 e. The zero-order chi connectivity index (χ0) is 22.8. The van der Waals surface area contributed by atoms with Gasteiger partial charge < -0.3 is 10.3 Å². The minimum absolute atomic E-state index is 0.0205. The summed E-state index contributed by atoms with van der Waals surface area (Å²) >= 11 is 0. The van der Waals surface area contributed by atoms with Crippen LogP contribution in [0.5, 0.6) is 0 Å². The lowest BCUT2D eigenvalue weighted by molar-refractivity contribution is -0.118. The van der Waals surface area contributed by atoms with E-state index in [9.17, 15) is 13.2 Å². The van der Waals surface area contributed by atoms with E-state index in [1.54, 1.807) is 12.1 Å². The van der Waals surface area contributed by atoms with Gasteiger partial charge in [-0.3, -0.25) is 4.79 Å². The molecular formula is C26H25N3O3S. The van der Waals surface area contributed by atoms with Gasteiger partial charge in [-0.05, 0) is 78.1 Å². The van der Waals surface area contributed by atoms with Gasteiger partial charge in [-0.1, -0.05) is 36.4 Å². The van der Waals surface area contributed by atoms with Crippen molar-refractivity contribution in [1.29, 1.82) is 0 Å². The molecule has 1 aliphatic heterocycles. The molecule has 3 aromatic rings. The number of aromatic amines is 1. The maximum atomic E-state index is 13.5. The second-order valence-corrected chi connectivity index (χ2v) is 10.9. The Hall–Kier alpha value is -3.16. The van der Waals surface area contributed by atoms with Gasteiger partial charge in [0.1, 0.15) is 0 Å². The second kappa shape index (κ2) is 7.17. The van der Waals surface area contributed by atoms with Crippen molar-refractivity contribution >= 4 is 27.7 Å². The van der Waals surface area contributed by atoms with Gasteiger partial charge in [-0.25, -0.2) is 13.6 Å². The third-order valence-electron chi connectivity index (χ3n) is 7.48. The van der Waals surface area contributed by atoms with E-state index in [4.69, 9.17) is 5.14 Å². The van der Waals surface area contributed by atoms with Crippen LogP contribution in [0.4, 0.5) is 5.69 Å². The number of fused-ring (bicyclic) bond motifs is 3. The van der Waals surface area contributed by atoms with E-state index in [0.717, 1.165) is 24.0 Å². The molecule has 0 radical (unpaired) electrons. The van der Waals surface area contributed by atoms with Gasteiger partial charge in [-0.15, -0.1) is 0 Å². The van der Waals surface area contributed by atoms with Crippen LogP contribution in [0, 0.1) is 0 Å². The Labute approximate surface area is 193 Å². The molecule has 33 heavy (non-hydrogen) atoms. The van der Waals surface area contributed by atoms with Crippen molar-refractivity contribution < 1.29 is 13.2 Å². The fourth-order valence-electron chi connectivity index (χ4n) is 5.98. The number of carbonyl (C=O) groups excluding carboxylic acids is 1. The molecule has 6 rings (SSSR count). The number of amides is 1. The summed E-state index contributed by atoms with van der Waals surface area (Å²) in [7, 11) is -3.89. The smallest absolute Gasteiger partial charge is 0.238 e. The average molecular weight is 460 g/mol. The number of nitrogens with two attached hydrogens (primary N) is 1. The van der Waals surface area contributed by atoms with Crippen molar-refractivity contribution in [2.24, 2.45) is 5.14 Å². The predicted octanol–water partition coefficient (Wildman–Crippen LogP) is 3.78. The van der Waals surface area contributed by atoms with E-state index in [-0.39, 0.29) is 10.8 Å². The molecule has 0 bridgehead atoms. The van der Waals surface area contributed by atoms with Crippen molar-refractivity contribution in [2.45, 2.75) is 48.3 Å². The fraction of sp³-hybridized carbons (Fsp3) is 0.269. The number of rotatable bonds is 4. The molecule has 0 spiro atoms. The van der Waals surface area contributed by atoms with Crippen LogP contribution in [0.15, 0.2) is 59.6 Å². The first-order valence-corrected chi connectivity index (χ1v) is 12.9. The van der Waals surface area contributed by atoms with Gasteiger partial charge in [0.15, 0.2) is 0 Å². The summed E-state index contributed by atoms with van der Waals surface area (Å²) in [6.45, 7) is 0. The molecule has 3 aliphatic rings. The van der Waals surface area contributed by atoms with Crippen LogP contribution in [-0.2, 0) is 39.5 Å². The molecule has 6 nitrogen and oxygen atoms in total. The Morgan fingerprint density at radius 2 is 1.91 bits per heavy atom. The number of allylic oxidation sites excluding steroid dienone is 1. The lowest BCUT2D eigenvalue weighted by Crippen LogP contribution is -2.37. The Kier molecular flexibility index (Phi) is 4.44. The van der Waals surface area contributed by atoms with Crippen molar-refractivity contribution in [2.75, 3.05) is 5.32 Å². The number of hydrogen-bond acceptors (Lipinski definition) is 3. The normalized spacial score (nSPS) is 23.2. The number of sulfonamides is 1. The third-order valence-corrected chi connectivity index (χ3v) is 8.39. The molecule has 2 atom stereocenters. The lowest BCUT2D eigenvalue weighted by Gasteiger charge is -2.35. The topological polar surface area (TPSA) is 105 Å². The Balaban J connectivity index is 1.55. The van der Waals surface area contributed by atoms with E-state index in [2.05, 4.69) is 40.8 Å². The molecule has 4 N–H and O–H groups in total. The standard InChI is InChI=1S/C26H25N3O3S/c27-33(31,32)18-9-10-23-20(13-18)24(25(30)29-23)26(12-11-16-5-1-3-7-21(16)26)14-17-15-28-22-8-4-2-6-19(17)22/h1,3,5,7,9-13,15,24,28H,2,4,6,8,14H2,(H,29,30)(H2,27,31,32). The fourth-order valence-corrected chi connectivity index (χ4v) is 6.53. The first-order valence-electron chi connectivity index (χ1n) is 11.3.